The Bertz CT molecular complexity index is 519. The molecule has 0 bridgehead atoms. The van der Waals surface area contributed by atoms with Gasteiger partial charge in [0.2, 0.25) is 0 Å². The van der Waals surface area contributed by atoms with Crippen molar-refractivity contribution in [3.8, 4) is 5.69 Å². The summed E-state index contributed by atoms with van der Waals surface area (Å²) in [5.41, 5.74) is 6.17. The minimum absolute atomic E-state index is 0.259. The maximum absolute atomic E-state index is 12.8. The molecule has 1 heterocycles. The zero-order chi connectivity index (χ0) is 12.4. The Balaban J connectivity index is 2.46. The smallest absolute Gasteiger partial charge is 0.123 e. The summed E-state index contributed by atoms with van der Waals surface area (Å²) >= 11 is 0. The summed E-state index contributed by atoms with van der Waals surface area (Å²) in [7, 11) is 1.55. The zero-order valence-electron chi connectivity index (χ0n) is 9.99. The number of nitrogens with zero attached hydrogens (tertiary/aromatic N) is 2. The predicted octanol–water partition coefficient (Wildman–Crippen LogP) is 2.60. The molecule has 5 heteroatoms. The number of rotatable bonds is 3. The first-order chi connectivity index (χ1) is 8.13. The Hall–Kier alpha value is -1.88. The highest BCUT2D eigenvalue weighted by Gasteiger charge is 2.12. The summed E-state index contributed by atoms with van der Waals surface area (Å²) in [5.74, 6) is -0.259. The van der Waals surface area contributed by atoms with Crippen LogP contribution in [0.4, 0.5) is 10.1 Å². The highest BCUT2D eigenvalue weighted by atomic mass is 19.1. The number of nitrogens with one attached hydrogen (secondary N) is 1. The summed E-state index contributed by atoms with van der Waals surface area (Å²) in [6.45, 7) is 3.80. The van der Waals surface area contributed by atoms with Gasteiger partial charge in [-0.25, -0.2) is 9.07 Å². The zero-order valence-corrected chi connectivity index (χ0v) is 9.99. The molecular formula is C12H14FN3O. The van der Waals surface area contributed by atoms with Gasteiger partial charge in [0.25, 0.3) is 0 Å². The van der Waals surface area contributed by atoms with Crippen LogP contribution in [0.15, 0.2) is 24.3 Å². The van der Waals surface area contributed by atoms with E-state index in [0.29, 0.717) is 0 Å². The number of anilines is 1. The van der Waals surface area contributed by atoms with Gasteiger partial charge in [-0.15, -0.1) is 0 Å². The van der Waals surface area contributed by atoms with E-state index in [-0.39, 0.29) is 5.82 Å². The summed E-state index contributed by atoms with van der Waals surface area (Å²) in [6, 6.07) is 6.20. The topological polar surface area (TPSA) is 39.1 Å². The molecular weight excluding hydrogens is 221 g/mol. The normalized spacial score (nSPS) is 10.6. The van der Waals surface area contributed by atoms with Crippen LogP contribution in [0.1, 0.15) is 11.4 Å². The highest BCUT2D eigenvalue weighted by Crippen LogP contribution is 2.22. The predicted molar refractivity (Wildman–Crippen MR) is 63.6 cm³/mol. The lowest BCUT2D eigenvalue weighted by Gasteiger charge is -2.05. The number of hydrogen-bond donors (Lipinski definition) is 1. The molecule has 0 amide bonds. The minimum Gasteiger partial charge on any atom is -0.279 e. The van der Waals surface area contributed by atoms with Crippen molar-refractivity contribution in [2.24, 2.45) is 0 Å². The van der Waals surface area contributed by atoms with Crippen LogP contribution in [-0.4, -0.2) is 16.9 Å². The van der Waals surface area contributed by atoms with Gasteiger partial charge in [0.05, 0.1) is 24.2 Å². The number of halogens is 1. The molecule has 2 rings (SSSR count). The van der Waals surface area contributed by atoms with Crippen molar-refractivity contribution in [1.29, 1.82) is 0 Å². The molecule has 4 nitrogen and oxygen atoms in total. The lowest BCUT2D eigenvalue weighted by molar-refractivity contribution is 0.270. The van der Waals surface area contributed by atoms with E-state index >= 15 is 0 Å². The monoisotopic (exact) mass is 235 g/mol. The number of benzene rings is 1. The van der Waals surface area contributed by atoms with E-state index in [1.54, 1.807) is 23.9 Å². The van der Waals surface area contributed by atoms with Crippen molar-refractivity contribution in [3.63, 3.8) is 0 Å². The van der Waals surface area contributed by atoms with E-state index in [9.17, 15) is 4.39 Å². The lowest BCUT2D eigenvalue weighted by Crippen LogP contribution is -2.01. The maximum Gasteiger partial charge on any atom is 0.123 e. The molecule has 1 aromatic carbocycles. The molecule has 0 fully saturated rings. The van der Waals surface area contributed by atoms with Gasteiger partial charge in [-0.3, -0.25) is 10.3 Å². The molecule has 90 valence electrons. The first-order valence-corrected chi connectivity index (χ1v) is 5.24. The molecule has 0 aliphatic heterocycles. The van der Waals surface area contributed by atoms with Crippen LogP contribution in [0.2, 0.25) is 0 Å². The van der Waals surface area contributed by atoms with Crippen molar-refractivity contribution < 1.29 is 9.23 Å². The molecule has 0 unspecified atom stereocenters. The Morgan fingerprint density at radius 1 is 1.24 bits per heavy atom. The molecule has 0 saturated heterocycles. The highest BCUT2D eigenvalue weighted by molar-refractivity contribution is 5.53. The number of aryl methyl sites for hydroxylation is 1. The van der Waals surface area contributed by atoms with Crippen molar-refractivity contribution in [2.75, 3.05) is 12.6 Å². The fourth-order valence-corrected chi connectivity index (χ4v) is 1.73. The molecule has 0 aliphatic carbocycles. The van der Waals surface area contributed by atoms with Crippen LogP contribution in [0.5, 0.6) is 0 Å². The molecule has 2 aromatic rings. The van der Waals surface area contributed by atoms with Crippen molar-refractivity contribution in [1.82, 2.24) is 9.78 Å². The quantitative estimate of drug-likeness (QED) is 0.831. The molecule has 17 heavy (non-hydrogen) atoms. The number of hydrogen-bond acceptors (Lipinski definition) is 3. The molecule has 0 aliphatic rings. The number of aromatic nitrogens is 2. The summed E-state index contributed by atoms with van der Waals surface area (Å²) in [4.78, 5) is 4.89. The Labute approximate surface area is 99.0 Å². The third-order valence-electron chi connectivity index (χ3n) is 2.57. The van der Waals surface area contributed by atoms with E-state index in [1.165, 1.54) is 12.1 Å². The molecule has 0 spiro atoms. The van der Waals surface area contributed by atoms with Crippen LogP contribution in [0.25, 0.3) is 5.69 Å². The average molecular weight is 235 g/mol. The van der Waals surface area contributed by atoms with Crippen LogP contribution in [-0.2, 0) is 4.84 Å². The second kappa shape index (κ2) is 4.55. The third kappa shape index (κ3) is 2.14. The van der Waals surface area contributed by atoms with E-state index in [1.807, 2.05) is 13.8 Å². The SMILES string of the molecule is CONc1c(C)nn(-c2ccc(F)cc2)c1C. The van der Waals surface area contributed by atoms with Gasteiger partial charge in [-0.2, -0.15) is 5.10 Å². The second-order valence-corrected chi connectivity index (χ2v) is 3.74. The van der Waals surface area contributed by atoms with E-state index in [2.05, 4.69) is 10.6 Å². The first-order valence-electron chi connectivity index (χ1n) is 5.24. The van der Waals surface area contributed by atoms with Gasteiger partial charge in [0.15, 0.2) is 0 Å². The molecule has 1 aromatic heterocycles. The molecule has 1 N–H and O–H groups in total. The second-order valence-electron chi connectivity index (χ2n) is 3.74. The van der Waals surface area contributed by atoms with E-state index < -0.39 is 0 Å². The summed E-state index contributed by atoms with van der Waals surface area (Å²) in [5, 5.41) is 4.38. The van der Waals surface area contributed by atoms with Gasteiger partial charge >= 0.3 is 0 Å². The average Bonchev–Trinajstić information content (AvgIpc) is 2.59. The maximum atomic E-state index is 12.8. The Morgan fingerprint density at radius 3 is 2.47 bits per heavy atom. The van der Waals surface area contributed by atoms with Crippen molar-refractivity contribution in [2.45, 2.75) is 13.8 Å². The van der Waals surface area contributed by atoms with Gasteiger partial charge < -0.3 is 0 Å². The van der Waals surface area contributed by atoms with Crippen LogP contribution in [0, 0.1) is 19.7 Å². The fraction of sp³-hybridized carbons (Fsp3) is 0.250. The van der Waals surface area contributed by atoms with Gasteiger partial charge in [0.1, 0.15) is 11.5 Å². The van der Waals surface area contributed by atoms with Gasteiger partial charge in [-0.1, -0.05) is 0 Å². The van der Waals surface area contributed by atoms with Crippen LogP contribution < -0.4 is 5.48 Å². The van der Waals surface area contributed by atoms with Crippen LogP contribution in [0.3, 0.4) is 0 Å². The molecule has 0 saturated carbocycles. The van der Waals surface area contributed by atoms with Crippen LogP contribution >= 0.6 is 0 Å². The largest absolute Gasteiger partial charge is 0.279 e. The minimum atomic E-state index is -0.259. The van der Waals surface area contributed by atoms with Crippen molar-refractivity contribution >= 4 is 5.69 Å². The summed E-state index contributed by atoms with van der Waals surface area (Å²) < 4.78 is 14.6. The first kappa shape index (κ1) is 11.6. The third-order valence-corrected chi connectivity index (χ3v) is 2.57. The Kier molecular flexibility index (Phi) is 3.10. The van der Waals surface area contributed by atoms with E-state index in [0.717, 1.165) is 22.8 Å². The van der Waals surface area contributed by atoms with Crippen molar-refractivity contribution in [3.05, 3.63) is 41.5 Å². The van der Waals surface area contributed by atoms with Gasteiger partial charge in [-0.05, 0) is 38.1 Å². The molecule has 0 radical (unpaired) electrons. The fourth-order valence-electron chi connectivity index (χ4n) is 1.73. The lowest BCUT2D eigenvalue weighted by atomic mass is 10.3. The summed E-state index contributed by atoms with van der Waals surface area (Å²) in [6.07, 6.45) is 0. The Morgan fingerprint density at radius 2 is 1.88 bits per heavy atom. The standard InChI is InChI=1S/C12H14FN3O/c1-8-12(15-17-3)9(2)16(14-8)11-6-4-10(13)5-7-11/h4-7,15H,1-3H3. The van der Waals surface area contributed by atoms with Gasteiger partial charge in [0, 0.05) is 0 Å². The van der Waals surface area contributed by atoms with E-state index in [4.69, 9.17) is 4.84 Å². The molecule has 0 atom stereocenters.